The summed E-state index contributed by atoms with van der Waals surface area (Å²) in [5.41, 5.74) is 6.82. The van der Waals surface area contributed by atoms with Gasteiger partial charge < -0.3 is 5.73 Å². The van der Waals surface area contributed by atoms with E-state index in [0.717, 1.165) is 23.9 Å². The summed E-state index contributed by atoms with van der Waals surface area (Å²) >= 11 is 6.09. The maximum atomic E-state index is 6.09. The van der Waals surface area contributed by atoms with Crippen LogP contribution in [0.3, 0.4) is 0 Å². The van der Waals surface area contributed by atoms with E-state index in [-0.39, 0.29) is 0 Å². The van der Waals surface area contributed by atoms with E-state index >= 15 is 0 Å². The molecule has 0 aliphatic heterocycles. The van der Waals surface area contributed by atoms with E-state index in [1.54, 1.807) is 0 Å². The van der Waals surface area contributed by atoms with Crippen molar-refractivity contribution in [3.05, 3.63) is 34.9 Å². The summed E-state index contributed by atoms with van der Waals surface area (Å²) in [5, 5.41) is 0.909. The standard InChI is InChI=1S/C11H14ClN/c12-11-4-2-1-3-9(11)10-7-8(10)5-6-13/h1-4,8,10H,5-7,13H2. The van der Waals surface area contributed by atoms with E-state index in [2.05, 4.69) is 12.1 Å². The van der Waals surface area contributed by atoms with Gasteiger partial charge in [0.2, 0.25) is 0 Å². The molecule has 0 aromatic heterocycles. The first-order chi connectivity index (χ1) is 6.33. The minimum absolute atomic E-state index is 0.678. The molecule has 0 radical (unpaired) electrons. The molecule has 1 fully saturated rings. The molecule has 70 valence electrons. The molecule has 0 bridgehead atoms. The van der Waals surface area contributed by atoms with E-state index < -0.39 is 0 Å². The summed E-state index contributed by atoms with van der Waals surface area (Å²) in [7, 11) is 0. The maximum absolute atomic E-state index is 6.09. The number of hydrogen-bond donors (Lipinski definition) is 1. The highest BCUT2D eigenvalue weighted by Gasteiger charge is 2.38. The van der Waals surface area contributed by atoms with Crippen LogP contribution < -0.4 is 5.73 Å². The fourth-order valence-electron chi connectivity index (χ4n) is 1.94. The van der Waals surface area contributed by atoms with Crippen molar-refractivity contribution in [1.82, 2.24) is 0 Å². The lowest BCUT2D eigenvalue weighted by Crippen LogP contribution is -1.99. The zero-order valence-corrected chi connectivity index (χ0v) is 8.30. The van der Waals surface area contributed by atoms with Crippen LogP contribution in [0.2, 0.25) is 5.02 Å². The van der Waals surface area contributed by atoms with Crippen LogP contribution in [0, 0.1) is 5.92 Å². The van der Waals surface area contributed by atoms with E-state index in [1.165, 1.54) is 12.0 Å². The van der Waals surface area contributed by atoms with Gasteiger partial charge >= 0.3 is 0 Å². The fourth-order valence-corrected chi connectivity index (χ4v) is 2.21. The van der Waals surface area contributed by atoms with Crippen molar-refractivity contribution in [2.24, 2.45) is 11.7 Å². The second kappa shape index (κ2) is 3.69. The highest BCUT2D eigenvalue weighted by atomic mass is 35.5. The van der Waals surface area contributed by atoms with Gasteiger partial charge in [-0.15, -0.1) is 0 Å². The Morgan fingerprint density at radius 3 is 2.85 bits per heavy atom. The third-order valence-electron chi connectivity index (χ3n) is 2.76. The van der Waals surface area contributed by atoms with Gasteiger partial charge in [-0.25, -0.2) is 0 Å². The second-order valence-corrected chi connectivity index (χ2v) is 4.11. The number of nitrogens with two attached hydrogens (primary N) is 1. The van der Waals surface area contributed by atoms with Crippen LogP contribution in [-0.4, -0.2) is 6.54 Å². The molecule has 2 rings (SSSR count). The van der Waals surface area contributed by atoms with Gasteiger partial charge in [-0.2, -0.15) is 0 Å². The molecule has 1 aliphatic carbocycles. The van der Waals surface area contributed by atoms with Gasteiger partial charge in [0.1, 0.15) is 0 Å². The maximum Gasteiger partial charge on any atom is 0.0440 e. The summed E-state index contributed by atoms with van der Waals surface area (Å²) < 4.78 is 0. The fraction of sp³-hybridized carbons (Fsp3) is 0.455. The molecule has 2 unspecified atom stereocenters. The second-order valence-electron chi connectivity index (χ2n) is 3.70. The topological polar surface area (TPSA) is 26.0 Å². The number of benzene rings is 1. The molecule has 2 atom stereocenters. The first-order valence-electron chi connectivity index (χ1n) is 4.77. The highest BCUT2D eigenvalue weighted by molar-refractivity contribution is 6.31. The van der Waals surface area contributed by atoms with E-state index in [4.69, 9.17) is 17.3 Å². The Bertz CT molecular complexity index is 298. The van der Waals surface area contributed by atoms with Gasteiger partial charge in [-0.05, 0) is 42.9 Å². The Labute approximate surface area is 83.9 Å². The average Bonchev–Trinajstić information content (AvgIpc) is 2.86. The number of hydrogen-bond acceptors (Lipinski definition) is 1. The highest BCUT2D eigenvalue weighted by Crippen LogP contribution is 2.50. The van der Waals surface area contributed by atoms with Crippen molar-refractivity contribution in [1.29, 1.82) is 0 Å². The zero-order valence-electron chi connectivity index (χ0n) is 7.54. The van der Waals surface area contributed by atoms with Crippen molar-refractivity contribution in [3.63, 3.8) is 0 Å². The summed E-state index contributed by atoms with van der Waals surface area (Å²) in [6.07, 6.45) is 2.40. The lowest BCUT2D eigenvalue weighted by atomic mass is 10.1. The molecule has 1 aromatic rings. The predicted molar refractivity (Wildman–Crippen MR) is 56.0 cm³/mol. The van der Waals surface area contributed by atoms with Crippen molar-refractivity contribution >= 4 is 11.6 Å². The Balaban J connectivity index is 2.07. The van der Waals surface area contributed by atoms with Crippen LogP contribution >= 0.6 is 11.6 Å². The van der Waals surface area contributed by atoms with E-state index in [1.807, 2.05) is 12.1 Å². The molecule has 0 amide bonds. The van der Waals surface area contributed by atoms with Gasteiger partial charge in [0.15, 0.2) is 0 Å². The Morgan fingerprint density at radius 1 is 1.38 bits per heavy atom. The molecular formula is C11H14ClN. The summed E-state index contributed by atoms with van der Waals surface area (Å²) in [6.45, 7) is 0.797. The van der Waals surface area contributed by atoms with Crippen molar-refractivity contribution < 1.29 is 0 Å². The number of halogens is 1. The SMILES string of the molecule is NCCC1CC1c1ccccc1Cl. The van der Waals surface area contributed by atoms with Crippen LogP contribution in [-0.2, 0) is 0 Å². The van der Waals surface area contributed by atoms with E-state index in [9.17, 15) is 0 Å². The van der Waals surface area contributed by atoms with Gasteiger partial charge in [0.05, 0.1) is 0 Å². The molecule has 2 N–H and O–H groups in total. The largest absolute Gasteiger partial charge is 0.330 e. The molecular weight excluding hydrogens is 182 g/mol. The Morgan fingerprint density at radius 2 is 2.15 bits per heavy atom. The molecule has 1 saturated carbocycles. The lowest BCUT2D eigenvalue weighted by molar-refractivity contribution is 0.715. The van der Waals surface area contributed by atoms with Crippen molar-refractivity contribution in [2.45, 2.75) is 18.8 Å². The number of rotatable bonds is 3. The Hall–Kier alpha value is -0.530. The minimum atomic E-state index is 0.678. The van der Waals surface area contributed by atoms with Crippen LogP contribution in [0.15, 0.2) is 24.3 Å². The molecule has 1 aliphatic rings. The van der Waals surface area contributed by atoms with Crippen LogP contribution in [0.4, 0.5) is 0 Å². The predicted octanol–water partition coefficient (Wildman–Crippen LogP) is 2.79. The smallest absolute Gasteiger partial charge is 0.0440 e. The van der Waals surface area contributed by atoms with Gasteiger partial charge in [0, 0.05) is 5.02 Å². The summed E-state index contributed by atoms with van der Waals surface area (Å²) in [5.74, 6) is 1.46. The van der Waals surface area contributed by atoms with Crippen molar-refractivity contribution in [2.75, 3.05) is 6.54 Å². The first kappa shape index (κ1) is 9.04. The third kappa shape index (κ3) is 1.87. The molecule has 13 heavy (non-hydrogen) atoms. The monoisotopic (exact) mass is 195 g/mol. The first-order valence-corrected chi connectivity index (χ1v) is 5.15. The molecule has 0 heterocycles. The molecule has 1 nitrogen and oxygen atoms in total. The Kier molecular flexibility index (Phi) is 2.56. The lowest BCUT2D eigenvalue weighted by Gasteiger charge is -2.01. The third-order valence-corrected chi connectivity index (χ3v) is 3.11. The molecule has 0 saturated heterocycles. The summed E-state index contributed by atoms with van der Waals surface area (Å²) in [6, 6.07) is 8.13. The average molecular weight is 196 g/mol. The molecule has 0 spiro atoms. The van der Waals surface area contributed by atoms with E-state index in [0.29, 0.717) is 5.92 Å². The minimum Gasteiger partial charge on any atom is -0.330 e. The van der Waals surface area contributed by atoms with Gasteiger partial charge in [0.25, 0.3) is 0 Å². The normalized spacial score (nSPS) is 26.0. The summed E-state index contributed by atoms with van der Waals surface area (Å²) in [4.78, 5) is 0. The zero-order chi connectivity index (χ0) is 9.26. The van der Waals surface area contributed by atoms with Crippen molar-refractivity contribution in [3.8, 4) is 0 Å². The van der Waals surface area contributed by atoms with Gasteiger partial charge in [-0.3, -0.25) is 0 Å². The van der Waals surface area contributed by atoms with Gasteiger partial charge in [-0.1, -0.05) is 29.8 Å². The van der Waals surface area contributed by atoms with Crippen LogP contribution in [0.5, 0.6) is 0 Å². The van der Waals surface area contributed by atoms with Crippen LogP contribution in [0.1, 0.15) is 24.3 Å². The molecule has 1 aromatic carbocycles. The molecule has 2 heteroatoms. The van der Waals surface area contributed by atoms with Crippen LogP contribution in [0.25, 0.3) is 0 Å². The quantitative estimate of drug-likeness (QED) is 0.789.